The van der Waals surface area contributed by atoms with E-state index in [0.717, 1.165) is 19.5 Å². The van der Waals surface area contributed by atoms with E-state index in [2.05, 4.69) is 19.0 Å². The van der Waals surface area contributed by atoms with Crippen molar-refractivity contribution in [2.45, 2.75) is 18.9 Å². The molecule has 0 spiro atoms. The van der Waals surface area contributed by atoms with Gasteiger partial charge in [0.25, 0.3) is 0 Å². The molecule has 1 aliphatic heterocycles. The zero-order valence-corrected chi connectivity index (χ0v) is 12.2. The monoisotopic (exact) mass is 277 g/mol. The Bertz CT molecular complexity index is 462. The number of nitrogens with zero attached hydrogens (tertiary/aromatic N) is 2. The Balaban J connectivity index is 1.75. The van der Waals surface area contributed by atoms with Crippen LogP contribution in [-0.4, -0.2) is 55.5 Å². The second kappa shape index (κ2) is 6.61. The van der Waals surface area contributed by atoms with Gasteiger partial charge in [-0.05, 0) is 32.6 Å². The van der Waals surface area contributed by atoms with Crippen LogP contribution in [0.4, 0.5) is 5.69 Å². The third-order valence-corrected chi connectivity index (χ3v) is 3.74. The van der Waals surface area contributed by atoms with Gasteiger partial charge in [0.15, 0.2) is 0 Å². The number of carbonyl (C=O) groups excluding carboxylic acids is 1. The zero-order valence-electron chi connectivity index (χ0n) is 12.2. The Morgan fingerprint density at radius 1 is 1.45 bits per heavy atom. The molecule has 5 heteroatoms. The normalized spacial score (nSPS) is 18.6. The molecule has 1 saturated heterocycles. The first-order chi connectivity index (χ1) is 9.58. The molecule has 1 aliphatic rings. The van der Waals surface area contributed by atoms with Gasteiger partial charge >= 0.3 is 0 Å². The summed E-state index contributed by atoms with van der Waals surface area (Å²) in [5.74, 6) is 0.803. The number of hydrogen-bond donors (Lipinski definition) is 1. The predicted octanol–water partition coefficient (Wildman–Crippen LogP) is 1.20. The predicted molar refractivity (Wildman–Crippen MR) is 79.6 cm³/mol. The quantitative estimate of drug-likeness (QED) is 0.822. The lowest BCUT2D eigenvalue weighted by Crippen LogP contribution is -2.35. The summed E-state index contributed by atoms with van der Waals surface area (Å²) in [5.41, 5.74) is 6.39. The van der Waals surface area contributed by atoms with Crippen LogP contribution in [0.5, 0.6) is 5.75 Å². The lowest BCUT2D eigenvalue weighted by atomic mass is 10.2. The SMILES string of the molecule is CN(C)C1CCN(C(=O)CCOc2ccccc2N)C1. The first kappa shape index (κ1) is 14.7. The minimum atomic E-state index is 0.156. The maximum absolute atomic E-state index is 12.1. The Morgan fingerprint density at radius 2 is 2.20 bits per heavy atom. The van der Waals surface area contributed by atoms with Gasteiger partial charge in [-0.2, -0.15) is 0 Å². The van der Waals surface area contributed by atoms with Crippen LogP contribution in [0, 0.1) is 0 Å². The highest BCUT2D eigenvalue weighted by Crippen LogP contribution is 2.20. The van der Waals surface area contributed by atoms with Crippen LogP contribution in [0.25, 0.3) is 0 Å². The second-order valence-corrected chi connectivity index (χ2v) is 5.38. The fraction of sp³-hybridized carbons (Fsp3) is 0.533. The van der Waals surface area contributed by atoms with Crippen LogP contribution in [0.15, 0.2) is 24.3 Å². The topological polar surface area (TPSA) is 58.8 Å². The summed E-state index contributed by atoms with van der Waals surface area (Å²) in [6, 6.07) is 7.82. The first-order valence-electron chi connectivity index (χ1n) is 6.99. The molecule has 1 aromatic carbocycles. The number of anilines is 1. The van der Waals surface area contributed by atoms with Crippen molar-refractivity contribution in [1.29, 1.82) is 0 Å². The number of carbonyl (C=O) groups is 1. The van der Waals surface area contributed by atoms with E-state index in [1.54, 1.807) is 6.07 Å². The molecule has 2 rings (SSSR count). The highest BCUT2D eigenvalue weighted by Gasteiger charge is 2.26. The van der Waals surface area contributed by atoms with E-state index < -0.39 is 0 Å². The Labute approximate surface area is 120 Å². The number of benzene rings is 1. The molecule has 1 atom stereocenters. The van der Waals surface area contributed by atoms with Gasteiger partial charge in [0, 0.05) is 19.1 Å². The molecular formula is C15H23N3O2. The third kappa shape index (κ3) is 3.63. The van der Waals surface area contributed by atoms with Gasteiger partial charge in [0.1, 0.15) is 5.75 Å². The van der Waals surface area contributed by atoms with Crippen LogP contribution < -0.4 is 10.5 Å². The zero-order chi connectivity index (χ0) is 14.5. The van der Waals surface area contributed by atoms with Gasteiger partial charge in [-0.3, -0.25) is 4.79 Å². The van der Waals surface area contributed by atoms with E-state index in [1.807, 2.05) is 23.1 Å². The molecule has 0 saturated carbocycles. The minimum absolute atomic E-state index is 0.156. The number of ether oxygens (including phenoxy) is 1. The lowest BCUT2D eigenvalue weighted by molar-refractivity contribution is -0.130. The second-order valence-electron chi connectivity index (χ2n) is 5.38. The molecule has 2 N–H and O–H groups in total. The average Bonchev–Trinajstić information content (AvgIpc) is 2.91. The maximum Gasteiger partial charge on any atom is 0.226 e. The Kier molecular flexibility index (Phi) is 4.84. The van der Waals surface area contributed by atoms with Crippen molar-refractivity contribution in [1.82, 2.24) is 9.80 Å². The van der Waals surface area contributed by atoms with E-state index in [4.69, 9.17) is 10.5 Å². The Hall–Kier alpha value is -1.75. The number of likely N-dealkylation sites (N-methyl/N-ethyl adjacent to an activating group) is 1. The Morgan fingerprint density at radius 3 is 2.85 bits per heavy atom. The lowest BCUT2D eigenvalue weighted by Gasteiger charge is -2.20. The third-order valence-electron chi connectivity index (χ3n) is 3.74. The van der Waals surface area contributed by atoms with Crippen molar-refractivity contribution >= 4 is 11.6 Å². The molecule has 1 aromatic rings. The molecule has 0 radical (unpaired) electrons. The molecule has 20 heavy (non-hydrogen) atoms. The fourth-order valence-electron chi connectivity index (χ4n) is 2.41. The molecule has 110 valence electrons. The highest BCUT2D eigenvalue weighted by molar-refractivity contribution is 5.76. The summed E-state index contributed by atoms with van der Waals surface area (Å²) in [7, 11) is 4.11. The number of amides is 1. The minimum Gasteiger partial charge on any atom is -0.491 e. The summed E-state index contributed by atoms with van der Waals surface area (Å²) in [6.45, 7) is 2.03. The van der Waals surface area contributed by atoms with Crippen LogP contribution in [-0.2, 0) is 4.79 Å². The number of rotatable bonds is 5. The summed E-state index contributed by atoms with van der Waals surface area (Å²) in [5, 5.41) is 0. The van der Waals surface area contributed by atoms with Crippen molar-refractivity contribution in [2.24, 2.45) is 0 Å². The van der Waals surface area contributed by atoms with Crippen molar-refractivity contribution in [3.05, 3.63) is 24.3 Å². The molecule has 0 aliphatic carbocycles. The van der Waals surface area contributed by atoms with E-state index in [1.165, 1.54) is 0 Å². The number of para-hydroxylation sites is 2. The van der Waals surface area contributed by atoms with Gasteiger partial charge in [-0.25, -0.2) is 0 Å². The van der Waals surface area contributed by atoms with Crippen molar-refractivity contribution < 1.29 is 9.53 Å². The molecule has 1 unspecified atom stereocenters. The van der Waals surface area contributed by atoms with E-state index in [-0.39, 0.29) is 5.91 Å². The summed E-state index contributed by atoms with van der Waals surface area (Å²) in [4.78, 5) is 16.2. The summed E-state index contributed by atoms with van der Waals surface area (Å²) in [6.07, 6.45) is 1.44. The van der Waals surface area contributed by atoms with Gasteiger partial charge in [-0.15, -0.1) is 0 Å². The van der Waals surface area contributed by atoms with Crippen LogP contribution in [0.3, 0.4) is 0 Å². The number of likely N-dealkylation sites (tertiary alicyclic amines) is 1. The van der Waals surface area contributed by atoms with Crippen molar-refractivity contribution in [3.8, 4) is 5.75 Å². The molecule has 1 heterocycles. The number of nitrogen functional groups attached to an aromatic ring is 1. The molecule has 0 bridgehead atoms. The molecule has 1 fully saturated rings. The molecular weight excluding hydrogens is 254 g/mol. The smallest absolute Gasteiger partial charge is 0.226 e. The van der Waals surface area contributed by atoms with E-state index >= 15 is 0 Å². The van der Waals surface area contributed by atoms with Crippen LogP contribution in [0.1, 0.15) is 12.8 Å². The van der Waals surface area contributed by atoms with E-state index in [0.29, 0.717) is 30.5 Å². The van der Waals surface area contributed by atoms with Crippen LogP contribution >= 0.6 is 0 Å². The van der Waals surface area contributed by atoms with Crippen LogP contribution in [0.2, 0.25) is 0 Å². The van der Waals surface area contributed by atoms with Crippen molar-refractivity contribution in [3.63, 3.8) is 0 Å². The molecule has 5 nitrogen and oxygen atoms in total. The summed E-state index contributed by atoms with van der Waals surface area (Å²) >= 11 is 0. The standard InChI is InChI=1S/C15H23N3O2/c1-17(2)12-7-9-18(11-12)15(19)8-10-20-14-6-4-3-5-13(14)16/h3-6,12H,7-11,16H2,1-2H3. The maximum atomic E-state index is 12.1. The van der Waals surface area contributed by atoms with Gasteiger partial charge in [0.05, 0.1) is 18.7 Å². The first-order valence-corrected chi connectivity index (χ1v) is 6.99. The van der Waals surface area contributed by atoms with E-state index in [9.17, 15) is 4.79 Å². The summed E-state index contributed by atoms with van der Waals surface area (Å²) < 4.78 is 5.56. The largest absolute Gasteiger partial charge is 0.491 e. The number of nitrogens with two attached hydrogens (primary N) is 1. The van der Waals surface area contributed by atoms with Gasteiger partial charge in [-0.1, -0.05) is 12.1 Å². The fourth-order valence-corrected chi connectivity index (χ4v) is 2.41. The average molecular weight is 277 g/mol. The van der Waals surface area contributed by atoms with Crippen molar-refractivity contribution in [2.75, 3.05) is 39.5 Å². The highest BCUT2D eigenvalue weighted by atomic mass is 16.5. The van der Waals surface area contributed by atoms with Gasteiger partial charge < -0.3 is 20.3 Å². The molecule has 1 amide bonds. The molecule has 0 aromatic heterocycles. The van der Waals surface area contributed by atoms with Gasteiger partial charge in [0.2, 0.25) is 5.91 Å². The number of hydrogen-bond acceptors (Lipinski definition) is 4.